The first-order valence-electron chi connectivity index (χ1n) is 11.6. The van der Waals surface area contributed by atoms with Crippen LogP contribution in [0.5, 0.6) is 11.5 Å². The molecule has 0 bridgehead atoms. The summed E-state index contributed by atoms with van der Waals surface area (Å²) in [6, 6.07) is 16.3. The fourth-order valence-electron chi connectivity index (χ4n) is 3.65. The summed E-state index contributed by atoms with van der Waals surface area (Å²) in [4.78, 5) is 8.65. The highest BCUT2D eigenvalue weighted by atomic mass is 31.1. The van der Waals surface area contributed by atoms with Crippen LogP contribution >= 0.6 is 8.25 Å². The number of benzene rings is 2. The molecule has 3 aromatic rings. The van der Waals surface area contributed by atoms with Crippen LogP contribution in [0, 0.1) is 0 Å². The van der Waals surface area contributed by atoms with Crippen LogP contribution in [0.15, 0.2) is 65.5 Å². The van der Waals surface area contributed by atoms with Gasteiger partial charge in [0.25, 0.3) is 0 Å². The minimum absolute atomic E-state index is 0.255. The molecule has 0 saturated carbocycles. The first-order valence-corrected chi connectivity index (χ1v) is 12.7. The number of unbranched alkanes of at least 4 members (excludes halogenated alkanes) is 2. The van der Waals surface area contributed by atoms with Crippen molar-refractivity contribution in [3.8, 4) is 22.6 Å². The van der Waals surface area contributed by atoms with Crippen LogP contribution in [0.4, 0.5) is 0 Å². The van der Waals surface area contributed by atoms with Crippen LogP contribution in [0.2, 0.25) is 0 Å². The molecule has 3 rings (SSSR count). The van der Waals surface area contributed by atoms with Gasteiger partial charge in [-0.25, -0.2) is 0 Å². The molecule has 0 aliphatic rings. The molecule has 1 heterocycles. The fourth-order valence-corrected chi connectivity index (χ4v) is 3.93. The first-order chi connectivity index (χ1) is 16.7. The fraction of sp³-hybridized carbons (Fsp3) is 0.385. The van der Waals surface area contributed by atoms with Gasteiger partial charge in [-0.2, -0.15) is 0 Å². The van der Waals surface area contributed by atoms with E-state index in [-0.39, 0.29) is 6.61 Å². The highest BCUT2D eigenvalue weighted by molar-refractivity contribution is 7.32. The second kappa shape index (κ2) is 14.5. The molecular weight excluding hydrogens is 453 g/mol. The number of furan rings is 1. The van der Waals surface area contributed by atoms with Gasteiger partial charge in [-0.1, -0.05) is 18.2 Å². The van der Waals surface area contributed by atoms with E-state index in [0.29, 0.717) is 26.1 Å². The van der Waals surface area contributed by atoms with Gasteiger partial charge < -0.3 is 19.2 Å². The van der Waals surface area contributed by atoms with Gasteiger partial charge in [-0.15, -0.1) is 9.42 Å². The molecule has 2 aromatic carbocycles. The third-order valence-corrected chi connectivity index (χ3v) is 5.81. The number of hydrogen-bond donors (Lipinski definition) is 2. The van der Waals surface area contributed by atoms with E-state index in [1.54, 1.807) is 19.6 Å². The van der Waals surface area contributed by atoms with E-state index in [9.17, 15) is 4.57 Å². The van der Waals surface area contributed by atoms with E-state index < -0.39 is 8.25 Å². The number of methoxy groups -OCH3 is 1. The number of nitrogens with one attached hydrogen (secondary N) is 1. The molecule has 182 valence electrons. The highest BCUT2D eigenvalue weighted by Crippen LogP contribution is 2.32. The SMILES string of the molecule is COc1cccc(CCCCCOc2ccc(CNCCCO[P+](=O)O)cc2-c2ccoc2)c1. The topological polar surface area (TPSA) is 90.2 Å². The molecule has 0 saturated heterocycles. The Morgan fingerprint density at radius 3 is 2.71 bits per heavy atom. The molecular formula is C26H33NO6P+. The van der Waals surface area contributed by atoms with Crippen LogP contribution in [-0.4, -0.2) is 31.8 Å². The summed E-state index contributed by atoms with van der Waals surface area (Å²) < 4.78 is 31.9. The average Bonchev–Trinajstić information content (AvgIpc) is 3.39. The van der Waals surface area contributed by atoms with Crippen molar-refractivity contribution in [2.45, 2.75) is 38.6 Å². The lowest BCUT2D eigenvalue weighted by Gasteiger charge is -2.13. The van der Waals surface area contributed by atoms with E-state index in [1.165, 1.54) is 5.56 Å². The van der Waals surface area contributed by atoms with Crippen LogP contribution in [-0.2, 0) is 22.1 Å². The van der Waals surface area contributed by atoms with Gasteiger partial charge in [0.05, 0.1) is 26.2 Å². The van der Waals surface area contributed by atoms with Gasteiger partial charge in [0.15, 0.2) is 0 Å². The number of aryl methyl sites for hydroxylation is 1. The zero-order valence-electron chi connectivity index (χ0n) is 19.6. The molecule has 8 heteroatoms. The minimum Gasteiger partial charge on any atom is -0.497 e. The van der Waals surface area contributed by atoms with Crippen molar-refractivity contribution in [2.24, 2.45) is 0 Å². The molecule has 0 aliphatic carbocycles. The van der Waals surface area contributed by atoms with Gasteiger partial charge in [0.2, 0.25) is 0 Å². The quantitative estimate of drug-likeness (QED) is 0.193. The molecule has 1 aromatic heterocycles. The maximum atomic E-state index is 10.5. The molecule has 34 heavy (non-hydrogen) atoms. The van der Waals surface area contributed by atoms with Crippen molar-refractivity contribution in [3.63, 3.8) is 0 Å². The van der Waals surface area contributed by atoms with Gasteiger partial charge in [0, 0.05) is 22.2 Å². The van der Waals surface area contributed by atoms with Gasteiger partial charge in [-0.3, -0.25) is 0 Å². The normalized spacial score (nSPS) is 11.4. The Kier molecular flexibility index (Phi) is 11.1. The van der Waals surface area contributed by atoms with Crippen molar-refractivity contribution >= 4 is 8.25 Å². The summed E-state index contributed by atoms with van der Waals surface area (Å²) in [6.07, 6.45) is 8.26. The van der Waals surface area contributed by atoms with Crippen LogP contribution in [0.25, 0.3) is 11.1 Å². The molecule has 0 spiro atoms. The zero-order chi connectivity index (χ0) is 24.0. The standard InChI is InChI=1S/C26H32NO6P/c1-30-24-9-5-8-21(17-24)7-3-2-4-14-32-26-11-10-22(18-25(26)23-12-16-31-20-23)19-27-13-6-15-33-34(28)29/h5,8-12,16-18,20,27H,2-4,6-7,13-15,19H2,1H3/p+1. The Hall–Kier alpha value is -2.70. The Labute approximate surface area is 202 Å². The van der Waals surface area contributed by atoms with Crippen molar-refractivity contribution in [3.05, 3.63) is 72.2 Å². The Morgan fingerprint density at radius 1 is 1.00 bits per heavy atom. The summed E-state index contributed by atoms with van der Waals surface area (Å²) in [7, 11) is -0.828. The van der Waals surface area contributed by atoms with Crippen molar-refractivity contribution in [1.29, 1.82) is 0 Å². The van der Waals surface area contributed by atoms with Crippen molar-refractivity contribution < 1.29 is 27.9 Å². The maximum absolute atomic E-state index is 10.5. The predicted molar refractivity (Wildman–Crippen MR) is 132 cm³/mol. The molecule has 0 fully saturated rings. The Morgan fingerprint density at radius 2 is 1.91 bits per heavy atom. The van der Waals surface area contributed by atoms with Crippen LogP contribution in [0.1, 0.15) is 36.8 Å². The Balaban J connectivity index is 1.45. The van der Waals surface area contributed by atoms with E-state index in [1.807, 2.05) is 24.3 Å². The minimum atomic E-state index is -2.52. The lowest BCUT2D eigenvalue weighted by Crippen LogP contribution is -2.16. The lowest BCUT2D eigenvalue weighted by atomic mass is 10.0. The lowest BCUT2D eigenvalue weighted by molar-refractivity contribution is 0.276. The third kappa shape index (κ3) is 8.92. The second-order valence-corrected chi connectivity index (χ2v) is 8.69. The van der Waals surface area contributed by atoms with Gasteiger partial charge >= 0.3 is 8.25 Å². The van der Waals surface area contributed by atoms with Gasteiger partial charge in [0.1, 0.15) is 18.1 Å². The number of ether oxygens (including phenoxy) is 2. The second-order valence-electron chi connectivity index (χ2n) is 7.95. The number of rotatable bonds is 16. The zero-order valence-corrected chi connectivity index (χ0v) is 20.5. The predicted octanol–water partition coefficient (Wildman–Crippen LogP) is 5.89. The van der Waals surface area contributed by atoms with E-state index >= 15 is 0 Å². The van der Waals surface area contributed by atoms with E-state index in [2.05, 4.69) is 34.1 Å². The summed E-state index contributed by atoms with van der Waals surface area (Å²) in [5, 5.41) is 3.33. The monoisotopic (exact) mass is 486 g/mol. The third-order valence-electron chi connectivity index (χ3n) is 5.41. The molecule has 1 unspecified atom stereocenters. The highest BCUT2D eigenvalue weighted by Gasteiger charge is 2.11. The first kappa shape index (κ1) is 25.9. The molecule has 1 atom stereocenters. The molecule has 0 radical (unpaired) electrons. The average molecular weight is 487 g/mol. The summed E-state index contributed by atoms with van der Waals surface area (Å²) >= 11 is 0. The maximum Gasteiger partial charge on any atom is 0.694 e. The van der Waals surface area contributed by atoms with E-state index in [0.717, 1.165) is 53.9 Å². The number of hydrogen-bond acceptors (Lipinski definition) is 6. The molecule has 0 amide bonds. The van der Waals surface area contributed by atoms with Crippen LogP contribution in [0.3, 0.4) is 0 Å². The van der Waals surface area contributed by atoms with E-state index in [4.69, 9.17) is 18.8 Å². The molecule has 7 nitrogen and oxygen atoms in total. The largest absolute Gasteiger partial charge is 0.694 e. The van der Waals surface area contributed by atoms with Crippen molar-refractivity contribution in [1.82, 2.24) is 5.32 Å². The summed E-state index contributed by atoms with van der Waals surface area (Å²) in [5.74, 6) is 1.75. The Bertz CT molecular complexity index is 1010. The smallest absolute Gasteiger partial charge is 0.497 e. The summed E-state index contributed by atoms with van der Waals surface area (Å²) in [5.41, 5.74) is 4.40. The molecule has 0 aliphatic heterocycles. The van der Waals surface area contributed by atoms with Crippen molar-refractivity contribution in [2.75, 3.05) is 26.9 Å². The van der Waals surface area contributed by atoms with Gasteiger partial charge in [-0.05, 0) is 80.1 Å². The molecule has 2 N–H and O–H groups in total. The van der Waals surface area contributed by atoms with Crippen LogP contribution < -0.4 is 14.8 Å². The summed E-state index contributed by atoms with van der Waals surface area (Å²) in [6.45, 7) is 2.29.